The third kappa shape index (κ3) is 1.73. The van der Waals surface area contributed by atoms with Gasteiger partial charge in [0, 0.05) is 11.3 Å². The molecule has 2 aromatic rings. The molecule has 4 heteroatoms. The Bertz CT molecular complexity index is 577. The van der Waals surface area contributed by atoms with E-state index in [1.54, 1.807) is 12.4 Å². The van der Waals surface area contributed by atoms with Gasteiger partial charge < -0.3 is 9.67 Å². The van der Waals surface area contributed by atoms with Crippen LogP contribution in [0.4, 0.5) is 4.39 Å². The van der Waals surface area contributed by atoms with Crippen LogP contribution in [0.2, 0.25) is 0 Å². The Morgan fingerprint density at radius 2 is 2.11 bits per heavy atom. The molecule has 0 aliphatic heterocycles. The maximum absolute atomic E-state index is 13.7. The summed E-state index contributed by atoms with van der Waals surface area (Å²) in [6.45, 7) is -0.297. The van der Waals surface area contributed by atoms with Crippen LogP contribution in [0.3, 0.4) is 0 Å². The molecule has 0 bridgehead atoms. The molecule has 0 saturated heterocycles. The second-order valence-electron chi connectivity index (χ2n) is 4.61. The SMILES string of the molecule is OCc1c(F)cccc1-n1cnc2c1CCCC2. The van der Waals surface area contributed by atoms with E-state index in [0.29, 0.717) is 11.3 Å². The van der Waals surface area contributed by atoms with Gasteiger partial charge in [-0.3, -0.25) is 0 Å². The third-order valence-corrected chi connectivity index (χ3v) is 3.54. The van der Waals surface area contributed by atoms with Crippen LogP contribution >= 0.6 is 0 Å². The molecule has 1 aliphatic carbocycles. The van der Waals surface area contributed by atoms with Crippen LogP contribution in [-0.2, 0) is 19.4 Å². The standard InChI is InChI=1S/C14H15FN2O/c15-11-4-3-7-13(10(11)8-18)17-9-16-12-5-1-2-6-14(12)17/h3-4,7,9,18H,1-2,5-6,8H2. The van der Waals surface area contributed by atoms with Crippen LogP contribution in [-0.4, -0.2) is 14.7 Å². The Balaban J connectivity index is 2.15. The first kappa shape index (κ1) is 11.4. The van der Waals surface area contributed by atoms with Crippen molar-refractivity contribution >= 4 is 0 Å². The van der Waals surface area contributed by atoms with Gasteiger partial charge in [-0.15, -0.1) is 0 Å². The summed E-state index contributed by atoms with van der Waals surface area (Å²) in [7, 11) is 0. The monoisotopic (exact) mass is 246 g/mol. The minimum absolute atomic E-state index is 0.297. The largest absolute Gasteiger partial charge is 0.391 e. The Morgan fingerprint density at radius 3 is 2.94 bits per heavy atom. The van der Waals surface area contributed by atoms with E-state index in [-0.39, 0.29) is 12.4 Å². The van der Waals surface area contributed by atoms with E-state index in [0.717, 1.165) is 30.7 Å². The van der Waals surface area contributed by atoms with Gasteiger partial charge in [-0.2, -0.15) is 0 Å². The van der Waals surface area contributed by atoms with Gasteiger partial charge in [0.2, 0.25) is 0 Å². The van der Waals surface area contributed by atoms with E-state index in [4.69, 9.17) is 0 Å². The molecule has 3 rings (SSSR count). The van der Waals surface area contributed by atoms with Gasteiger partial charge in [0.15, 0.2) is 0 Å². The van der Waals surface area contributed by atoms with E-state index >= 15 is 0 Å². The van der Waals surface area contributed by atoms with Crippen LogP contribution in [0.5, 0.6) is 0 Å². The maximum Gasteiger partial charge on any atom is 0.130 e. The molecule has 0 atom stereocenters. The van der Waals surface area contributed by atoms with Crippen molar-refractivity contribution in [2.24, 2.45) is 0 Å². The van der Waals surface area contributed by atoms with Crippen LogP contribution in [0.1, 0.15) is 29.8 Å². The molecule has 18 heavy (non-hydrogen) atoms. The quantitative estimate of drug-likeness (QED) is 0.883. The first-order chi connectivity index (χ1) is 8.81. The van der Waals surface area contributed by atoms with E-state index in [1.807, 2.05) is 10.6 Å². The van der Waals surface area contributed by atoms with Gasteiger partial charge in [-0.25, -0.2) is 9.37 Å². The summed E-state index contributed by atoms with van der Waals surface area (Å²) in [5.41, 5.74) is 3.30. The summed E-state index contributed by atoms with van der Waals surface area (Å²) in [6.07, 6.45) is 6.01. The molecule has 0 fully saturated rings. The van der Waals surface area contributed by atoms with Crippen molar-refractivity contribution in [3.8, 4) is 5.69 Å². The second-order valence-corrected chi connectivity index (χ2v) is 4.61. The molecule has 0 amide bonds. The number of imidazole rings is 1. The molecule has 0 saturated carbocycles. The lowest BCUT2D eigenvalue weighted by molar-refractivity contribution is 0.275. The summed E-state index contributed by atoms with van der Waals surface area (Å²) in [5, 5.41) is 9.33. The van der Waals surface area contributed by atoms with Gasteiger partial charge >= 0.3 is 0 Å². The summed E-state index contributed by atoms with van der Waals surface area (Å²) in [5.74, 6) is -0.367. The zero-order valence-electron chi connectivity index (χ0n) is 10.1. The fraction of sp³-hybridized carbons (Fsp3) is 0.357. The molecule has 0 spiro atoms. The van der Waals surface area contributed by atoms with Crippen LogP contribution in [0.15, 0.2) is 24.5 Å². The summed E-state index contributed by atoms with van der Waals surface area (Å²) < 4.78 is 15.6. The van der Waals surface area contributed by atoms with E-state index in [2.05, 4.69) is 4.98 Å². The third-order valence-electron chi connectivity index (χ3n) is 3.54. The van der Waals surface area contributed by atoms with Crippen molar-refractivity contribution in [1.82, 2.24) is 9.55 Å². The summed E-state index contributed by atoms with van der Waals surface area (Å²) >= 11 is 0. The number of aliphatic hydroxyl groups excluding tert-OH is 1. The predicted molar refractivity (Wildman–Crippen MR) is 66.1 cm³/mol. The number of aryl methyl sites for hydroxylation is 1. The molecular formula is C14H15FN2O. The lowest BCUT2D eigenvalue weighted by Crippen LogP contribution is -2.09. The maximum atomic E-state index is 13.7. The van der Waals surface area contributed by atoms with Crippen molar-refractivity contribution < 1.29 is 9.50 Å². The van der Waals surface area contributed by atoms with E-state index in [9.17, 15) is 9.50 Å². The van der Waals surface area contributed by atoms with Gasteiger partial charge in [-0.05, 0) is 37.8 Å². The molecule has 0 unspecified atom stereocenters. The minimum Gasteiger partial charge on any atom is -0.391 e. The highest BCUT2D eigenvalue weighted by Crippen LogP contribution is 2.25. The zero-order valence-corrected chi connectivity index (χ0v) is 10.1. The number of aromatic nitrogens is 2. The molecule has 1 N–H and O–H groups in total. The summed E-state index contributed by atoms with van der Waals surface area (Å²) in [6, 6.07) is 4.86. The number of fused-ring (bicyclic) bond motifs is 1. The van der Waals surface area contributed by atoms with E-state index in [1.165, 1.54) is 12.5 Å². The molecule has 3 nitrogen and oxygen atoms in total. The Labute approximate surface area is 105 Å². The van der Waals surface area contributed by atoms with Crippen molar-refractivity contribution in [1.29, 1.82) is 0 Å². The summed E-state index contributed by atoms with van der Waals surface area (Å²) in [4.78, 5) is 4.40. The highest BCUT2D eigenvalue weighted by Gasteiger charge is 2.18. The van der Waals surface area contributed by atoms with Gasteiger partial charge in [-0.1, -0.05) is 6.07 Å². The minimum atomic E-state index is -0.367. The van der Waals surface area contributed by atoms with Crippen LogP contribution in [0, 0.1) is 5.82 Å². The topological polar surface area (TPSA) is 38.0 Å². The lowest BCUT2D eigenvalue weighted by Gasteiger charge is -2.16. The fourth-order valence-electron chi connectivity index (χ4n) is 2.61. The number of rotatable bonds is 2. The Morgan fingerprint density at radius 1 is 1.28 bits per heavy atom. The number of hydrogen-bond acceptors (Lipinski definition) is 2. The molecule has 1 aliphatic rings. The number of hydrogen-bond donors (Lipinski definition) is 1. The molecule has 0 radical (unpaired) electrons. The average Bonchev–Trinajstić information content (AvgIpc) is 2.82. The Kier molecular flexibility index (Phi) is 2.88. The first-order valence-corrected chi connectivity index (χ1v) is 6.25. The van der Waals surface area contributed by atoms with Crippen molar-refractivity contribution in [3.63, 3.8) is 0 Å². The van der Waals surface area contributed by atoms with Crippen molar-refractivity contribution in [3.05, 3.63) is 47.3 Å². The molecule has 1 aromatic heterocycles. The number of benzene rings is 1. The lowest BCUT2D eigenvalue weighted by atomic mass is 10.0. The number of aliphatic hydroxyl groups is 1. The molecule has 1 heterocycles. The van der Waals surface area contributed by atoms with Crippen LogP contribution < -0.4 is 0 Å². The van der Waals surface area contributed by atoms with Crippen LogP contribution in [0.25, 0.3) is 5.69 Å². The highest BCUT2D eigenvalue weighted by molar-refractivity contribution is 5.44. The first-order valence-electron chi connectivity index (χ1n) is 6.25. The number of halogens is 1. The van der Waals surface area contributed by atoms with Gasteiger partial charge in [0.1, 0.15) is 5.82 Å². The van der Waals surface area contributed by atoms with E-state index < -0.39 is 0 Å². The zero-order chi connectivity index (χ0) is 12.5. The normalized spacial score (nSPS) is 14.6. The predicted octanol–water partition coefficient (Wildman–Crippen LogP) is 2.38. The highest BCUT2D eigenvalue weighted by atomic mass is 19.1. The van der Waals surface area contributed by atoms with Crippen molar-refractivity contribution in [2.45, 2.75) is 32.3 Å². The number of nitrogens with zero attached hydrogens (tertiary/aromatic N) is 2. The smallest absolute Gasteiger partial charge is 0.130 e. The average molecular weight is 246 g/mol. The fourth-order valence-corrected chi connectivity index (χ4v) is 2.61. The van der Waals surface area contributed by atoms with Gasteiger partial charge in [0.25, 0.3) is 0 Å². The molecule has 94 valence electrons. The van der Waals surface area contributed by atoms with Crippen molar-refractivity contribution in [2.75, 3.05) is 0 Å². The Hall–Kier alpha value is -1.68. The molecule has 1 aromatic carbocycles. The second kappa shape index (κ2) is 4.53. The van der Waals surface area contributed by atoms with Gasteiger partial charge in [0.05, 0.1) is 24.3 Å². The molecular weight excluding hydrogens is 231 g/mol.